The van der Waals surface area contributed by atoms with Crippen LogP contribution in [0.2, 0.25) is 0 Å². The maximum Gasteiger partial charge on any atom is 0.393 e. The van der Waals surface area contributed by atoms with E-state index in [2.05, 4.69) is 0 Å². The van der Waals surface area contributed by atoms with E-state index in [9.17, 15) is 237 Å². The van der Waals surface area contributed by atoms with E-state index in [1.807, 2.05) is 20.8 Å². The lowest BCUT2D eigenvalue weighted by Gasteiger charge is -2.51. The van der Waals surface area contributed by atoms with Gasteiger partial charge in [0.1, 0.15) is 30.9 Å². The van der Waals surface area contributed by atoms with Gasteiger partial charge in [0.25, 0.3) is 11.8 Å². The largest absolute Gasteiger partial charge is 0.393 e. The van der Waals surface area contributed by atoms with Crippen molar-refractivity contribution >= 4 is 0 Å². The Bertz CT molecular complexity index is 3260. The molecule has 798 valence electrons. The Kier molecular flexibility index (Phi) is 40.9. The average Bonchev–Trinajstić information content (AvgIpc) is 1.35. The zero-order valence-electron chi connectivity index (χ0n) is 73.2. The molecular formula is C79H104F54. The van der Waals surface area contributed by atoms with Crippen molar-refractivity contribution in [3.8, 4) is 0 Å². The van der Waals surface area contributed by atoms with Crippen LogP contribution in [0.3, 0.4) is 0 Å². The molecule has 0 heterocycles. The maximum absolute atomic E-state index is 13.2. The summed E-state index contributed by atoms with van der Waals surface area (Å²) in [6.45, 7) is 18.0. The van der Waals surface area contributed by atoms with E-state index in [0.29, 0.717) is 33.1 Å². The van der Waals surface area contributed by atoms with Crippen molar-refractivity contribution in [1.29, 1.82) is 0 Å². The second-order valence-corrected chi connectivity index (χ2v) is 37.3. The molecule has 133 heavy (non-hydrogen) atoms. The molecule has 9 aliphatic carbocycles. The highest BCUT2D eigenvalue weighted by atomic mass is 19.5. The summed E-state index contributed by atoms with van der Waals surface area (Å²) in [5.41, 5.74) is -9.59. The average molecular weight is 2080 g/mol. The molecule has 9 fully saturated rings. The molecule has 9 aliphatic rings. The Morgan fingerprint density at radius 2 is 0.451 bits per heavy atom. The lowest BCUT2D eigenvalue weighted by molar-refractivity contribution is -0.431. The monoisotopic (exact) mass is 2080 g/mol. The lowest BCUT2D eigenvalue weighted by atomic mass is 9.56. The van der Waals surface area contributed by atoms with Crippen LogP contribution in [0, 0.1) is 154 Å². The molecule has 0 radical (unpaired) electrons. The molecule has 0 bridgehead atoms. The van der Waals surface area contributed by atoms with E-state index in [-0.39, 0.29) is 56.8 Å². The summed E-state index contributed by atoms with van der Waals surface area (Å²) in [5.74, 6) is -82.6. The molecule has 54 heteroatoms. The van der Waals surface area contributed by atoms with Crippen LogP contribution in [0.1, 0.15) is 176 Å². The lowest BCUT2D eigenvalue weighted by Crippen LogP contribution is -2.77. The van der Waals surface area contributed by atoms with Crippen LogP contribution in [-0.4, -0.2) is 164 Å². The molecular weight excluding hydrogens is 1970 g/mol. The number of rotatable bonds is 0. The molecule has 26 unspecified atom stereocenters. The predicted octanol–water partition coefficient (Wildman–Crippen LogP) is 33.7. The van der Waals surface area contributed by atoms with E-state index < -0.39 is 302 Å². The van der Waals surface area contributed by atoms with Gasteiger partial charge in [-0.25, -0.2) is 61.5 Å². The number of alkyl halides is 54. The summed E-state index contributed by atoms with van der Waals surface area (Å²) in [7, 11) is 0. The minimum atomic E-state index is -6.19. The third-order valence-corrected chi connectivity index (χ3v) is 27.9. The Morgan fingerprint density at radius 1 is 0.195 bits per heavy atom. The molecule has 0 aromatic heterocycles. The van der Waals surface area contributed by atoms with Gasteiger partial charge in [0.2, 0.25) is 11.3 Å². The Hall–Kier alpha value is -3.78. The second-order valence-electron chi connectivity index (χ2n) is 37.3. The fourth-order valence-corrected chi connectivity index (χ4v) is 19.3. The van der Waals surface area contributed by atoms with Gasteiger partial charge in [-0.3, -0.25) is 0 Å². The molecule has 0 aromatic rings. The van der Waals surface area contributed by atoms with Crippen molar-refractivity contribution in [1.82, 2.24) is 0 Å². The van der Waals surface area contributed by atoms with E-state index in [0.717, 1.165) is 33.1 Å². The fourth-order valence-electron chi connectivity index (χ4n) is 19.3. The summed E-state index contributed by atoms with van der Waals surface area (Å²) in [6.07, 6.45) is -63.6. The van der Waals surface area contributed by atoms with Crippen molar-refractivity contribution in [3.63, 3.8) is 0 Å². The highest BCUT2D eigenvalue weighted by Crippen LogP contribution is 2.69. The Labute approximate surface area is 729 Å². The van der Waals surface area contributed by atoms with Crippen LogP contribution in [0.4, 0.5) is 237 Å². The molecule has 9 saturated carbocycles. The molecule has 0 aromatic carbocycles. The molecule has 0 spiro atoms. The zero-order chi connectivity index (χ0) is 107. The van der Waals surface area contributed by atoms with Gasteiger partial charge >= 0.3 is 91.4 Å². The first kappa shape index (κ1) is 127. The van der Waals surface area contributed by atoms with E-state index >= 15 is 0 Å². The first-order valence-electron chi connectivity index (χ1n) is 41.0. The van der Waals surface area contributed by atoms with Crippen molar-refractivity contribution in [2.75, 3.05) is 0 Å². The second kappa shape index (κ2) is 42.8. The fraction of sp³-hybridized carbons (Fsp3) is 1.00. The van der Waals surface area contributed by atoms with Gasteiger partial charge < -0.3 is 0 Å². The topological polar surface area (TPSA) is 0 Å². The van der Waals surface area contributed by atoms with Crippen LogP contribution in [0.25, 0.3) is 0 Å². The van der Waals surface area contributed by atoms with E-state index in [4.69, 9.17) is 0 Å². The minimum Gasteiger partial charge on any atom is -0.247 e. The van der Waals surface area contributed by atoms with Crippen LogP contribution >= 0.6 is 0 Å². The molecule has 0 nitrogen and oxygen atoms in total. The minimum absolute atomic E-state index is 0.0962. The Morgan fingerprint density at radius 3 is 0.692 bits per heavy atom. The standard InChI is InChI=1S/C12H12F12.2C10H14F6.2C9H15F3.C8H7F9.C7H7F7.C7H9F5.C7H11F3/c1-3-4(2)6(10(16,17)18)8(12(22,23)24)7(11(19,20)21)5(3)9(13,14)15;1-5-3-6(2)8(10(14,15)16)7(4-5)9(11,12)13;1-4-5(2)8(10(14,15)16)6(3)7(4)9(11,12)13;1-6-3-7(2)5-8(4-6)9(10,11)12;1-6-4-3-5-8(7(6)2)9(10,11)12;1-3-5(10,11)4(2,9)7(14,15)8(16,17)6(3,12)13;1-3-5(9,10)4(2,8)7(13,14)6(3,11)12;1-2-3(8)5(10)7(12)6(11)4(2)9;1-3-5(8)4(2)7(10)6(3)9/h3-8H,1-2H3;5-8H,3-4H2,1-2H3;4-8H,1-3H3;2*6-8H,3-5H2,1-2H3;3H,1-2H3;3H,1-2H3;2-7H,1H3;3-7H,1-2H3/t3-,4?,5?,6?,7?,8?;5-,6?,7?,8?;4-,5?,6?,7?,8?;6-,7?,8?;6?,7-,8?;2*3-,4?;;3-,4?,5?,6?,7?/m1010100.0/s1. The van der Waals surface area contributed by atoms with Gasteiger partial charge in [-0.15, -0.1) is 0 Å². The number of hydrogen-bond acceptors (Lipinski definition) is 0. The smallest absolute Gasteiger partial charge is 0.247 e. The zero-order valence-corrected chi connectivity index (χ0v) is 73.2. The van der Waals surface area contributed by atoms with Crippen molar-refractivity contribution in [3.05, 3.63) is 0 Å². The number of hydrogen-bond donors (Lipinski definition) is 0. The summed E-state index contributed by atoms with van der Waals surface area (Å²) in [4.78, 5) is 0. The number of halogens is 54. The quantitative estimate of drug-likeness (QED) is 0.212. The molecule has 0 aliphatic heterocycles. The van der Waals surface area contributed by atoms with Crippen LogP contribution in [0.5, 0.6) is 0 Å². The molecule has 0 amide bonds. The highest BCUT2D eigenvalue weighted by Gasteiger charge is 2.92. The van der Waals surface area contributed by atoms with Crippen LogP contribution in [0.15, 0.2) is 0 Å². The summed E-state index contributed by atoms with van der Waals surface area (Å²) in [5, 5.41) is 0. The van der Waals surface area contributed by atoms with Crippen molar-refractivity contribution in [2.24, 2.45) is 154 Å². The highest BCUT2D eigenvalue weighted by molar-refractivity contribution is 5.21. The van der Waals surface area contributed by atoms with Gasteiger partial charge in [0.15, 0.2) is 18.5 Å². The molecule has 34 atom stereocenters. The molecule has 9 rings (SSSR count). The predicted molar refractivity (Wildman–Crippen MR) is 372 cm³/mol. The van der Waals surface area contributed by atoms with Crippen LogP contribution < -0.4 is 0 Å². The first-order chi connectivity index (χ1) is 58.2. The van der Waals surface area contributed by atoms with E-state index in [1.165, 1.54) is 34.6 Å². The summed E-state index contributed by atoms with van der Waals surface area (Å²) in [6, 6.07) is 0. The molecule has 0 N–H and O–H groups in total. The maximum atomic E-state index is 13.2. The normalized spacial score (nSPS) is 42.2. The van der Waals surface area contributed by atoms with Gasteiger partial charge in [0.05, 0.1) is 71.0 Å². The molecule has 0 saturated heterocycles. The van der Waals surface area contributed by atoms with E-state index in [1.54, 1.807) is 13.8 Å². The third kappa shape index (κ3) is 27.4. The third-order valence-electron chi connectivity index (χ3n) is 27.9. The van der Waals surface area contributed by atoms with Crippen LogP contribution in [-0.2, 0) is 0 Å². The summed E-state index contributed by atoms with van der Waals surface area (Å²) < 4.78 is 687. The first-order valence-corrected chi connectivity index (χ1v) is 41.0. The summed E-state index contributed by atoms with van der Waals surface area (Å²) >= 11 is 0. The Balaban J connectivity index is 0.000000756. The van der Waals surface area contributed by atoms with Gasteiger partial charge in [0, 0.05) is 17.8 Å². The SMILES string of the molecule is CC1C(C(F)(F)F)C(C(F)(F)F)C(C(F)(F)F)C(C(F)(F)F)[C@@H]1C.CC1C(C(F)(F)F)C(C)[C@@H](C)C1C(F)(F)F.CC1C(F)C(F)C(F)C(F)C1F.CC1C(F)C(F)[C@@H](C)C1F.CC1CC(C(F)(F)F)C[C@@H](C)C1.CC1CCCC(C(F)(F)F)[C@@H]1C.CC1C[C@H](C)CC(C(F)(F)F)C1C(F)(F)F.C[C@H]1C(F)(F)C(C)(F)C(F)(F)C(F)(F)C1(F)F.C[C@H]1C(F)(F)C(C)(F)C(F)(F)C1(F)F. The van der Waals surface area contributed by atoms with Crippen molar-refractivity contribution in [2.45, 2.75) is 340 Å². The van der Waals surface area contributed by atoms with Gasteiger partial charge in [-0.05, 0) is 117 Å². The van der Waals surface area contributed by atoms with Gasteiger partial charge in [-0.1, -0.05) is 124 Å². The van der Waals surface area contributed by atoms with Crippen molar-refractivity contribution < 1.29 is 237 Å². The van der Waals surface area contributed by atoms with Gasteiger partial charge in [-0.2, -0.15) is 176 Å².